The fraction of sp³-hybridized carbons (Fsp3) is 0.611. The summed E-state index contributed by atoms with van der Waals surface area (Å²) in [5, 5.41) is 24.2. The van der Waals surface area contributed by atoms with E-state index in [0.717, 1.165) is 30.5 Å². The minimum absolute atomic E-state index is 0. The van der Waals surface area contributed by atoms with Gasteiger partial charge in [0.2, 0.25) is 16.2 Å². The van der Waals surface area contributed by atoms with Crippen molar-refractivity contribution in [2.45, 2.75) is 38.1 Å². The molecule has 1 amide bonds. The van der Waals surface area contributed by atoms with Crippen molar-refractivity contribution < 1.29 is 7.65 Å². The van der Waals surface area contributed by atoms with Crippen LogP contribution < -0.4 is 15.5 Å². The molecular formula is C18H27N7OS. The zero-order valence-corrected chi connectivity index (χ0v) is 15.9. The van der Waals surface area contributed by atoms with Gasteiger partial charge in [0.25, 0.3) is 0 Å². The number of carbonyl (C=O) groups is 1. The topological polar surface area (TPSA) is 95.9 Å². The lowest BCUT2D eigenvalue weighted by atomic mass is 10.0. The number of aromatic nitrogens is 4. The summed E-state index contributed by atoms with van der Waals surface area (Å²) in [5.74, 6) is 2.44. The molecule has 2 aliphatic carbocycles. The van der Waals surface area contributed by atoms with Crippen LogP contribution in [0.5, 0.6) is 0 Å². The lowest BCUT2D eigenvalue weighted by Gasteiger charge is -2.16. The first kappa shape index (κ1) is 16.9. The summed E-state index contributed by atoms with van der Waals surface area (Å²) in [7, 11) is 0. The highest BCUT2D eigenvalue weighted by atomic mass is 32.1. The van der Waals surface area contributed by atoms with Gasteiger partial charge in [-0.3, -0.25) is 4.79 Å². The van der Waals surface area contributed by atoms with Crippen molar-refractivity contribution in [1.29, 1.82) is 0 Å². The normalized spacial score (nSPS) is 29.3. The number of anilines is 3. The van der Waals surface area contributed by atoms with E-state index in [-0.39, 0.29) is 20.7 Å². The summed E-state index contributed by atoms with van der Waals surface area (Å²) in [5.41, 5.74) is 0. The highest BCUT2D eigenvalue weighted by Crippen LogP contribution is 2.55. The molecule has 0 spiro atoms. The van der Waals surface area contributed by atoms with E-state index in [1.807, 2.05) is 12.1 Å². The van der Waals surface area contributed by atoms with E-state index in [9.17, 15) is 4.79 Å². The molecule has 2 N–H and O–H groups in total. The zero-order chi connectivity index (χ0) is 18.2. The molecule has 8 nitrogen and oxygen atoms in total. The smallest absolute Gasteiger partial charge is 0.229 e. The van der Waals surface area contributed by atoms with E-state index in [1.165, 1.54) is 37.0 Å². The van der Waals surface area contributed by atoms with Gasteiger partial charge in [0.1, 0.15) is 0 Å². The first-order valence-electron chi connectivity index (χ1n) is 9.71. The van der Waals surface area contributed by atoms with Crippen LogP contribution in [0, 0.1) is 17.8 Å². The molecule has 3 aliphatic rings. The largest absolute Gasteiger partial charge is 0.355 e. The quantitative estimate of drug-likeness (QED) is 0.812. The molecule has 2 saturated carbocycles. The lowest BCUT2D eigenvalue weighted by Crippen LogP contribution is -2.26. The van der Waals surface area contributed by atoms with Crippen molar-refractivity contribution in [3.05, 3.63) is 18.3 Å². The molecule has 2 unspecified atom stereocenters. The van der Waals surface area contributed by atoms with Gasteiger partial charge in [-0.15, -0.1) is 15.3 Å². The monoisotopic (exact) mass is 389 g/mol. The molecular weight excluding hydrogens is 362 g/mol. The Labute approximate surface area is 164 Å². The van der Waals surface area contributed by atoms with Crippen LogP contribution in [0.3, 0.4) is 0 Å². The summed E-state index contributed by atoms with van der Waals surface area (Å²) in [6, 6.07) is 4.16. The highest BCUT2D eigenvalue weighted by molar-refractivity contribution is 7.19. The van der Waals surface area contributed by atoms with Crippen LogP contribution in [-0.4, -0.2) is 45.4 Å². The van der Waals surface area contributed by atoms with Gasteiger partial charge >= 0.3 is 0 Å². The van der Waals surface area contributed by atoms with Gasteiger partial charge in [-0.1, -0.05) is 24.2 Å². The maximum Gasteiger partial charge on any atom is 0.229 e. The molecule has 0 bridgehead atoms. The Morgan fingerprint density at radius 1 is 1.15 bits per heavy atom. The molecule has 3 atom stereocenters. The molecule has 9 heteroatoms. The van der Waals surface area contributed by atoms with Crippen molar-refractivity contribution in [1.82, 2.24) is 20.4 Å². The molecule has 0 radical (unpaired) electrons. The van der Waals surface area contributed by atoms with Gasteiger partial charge in [0.15, 0.2) is 5.82 Å². The number of hydrogen-bond donors (Lipinski definition) is 2. The number of nitrogens with zero attached hydrogens (tertiary/aromatic N) is 5. The Morgan fingerprint density at radius 3 is 2.74 bits per heavy atom. The van der Waals surface area contributed by atoms with E-state index >= 15 is 0 Å². The number of nitrogens with one attached hydrogen (secondary N) is 2. The molecule has 5 rings (SSSR count). The highest BCUT2D eigenvalue weighted by Gasteiger charge is 2.54. The van der Waals surface area contributed by atoms with Crippen LogP contribution in [0.1, 0.15) is 35.0 Å². The number of amides is 1. The molecule has 146 valence electrons. The van der Waals surface area contributed by atoms with Gasteiger partial charge in [0.05, 0.1) is 0 Å². The summed E-state index contributed by atoms with van der Waals surface area (Å²) < 4.78 is 0. The van der Waals surface area contributed by atoms with E-state index < -0.39 is 0 Å². The SMILES string of the molecule is O=C(Nc1nnc(N[C@@H]2CCN(c3cccnn3)C2)s1)C1C2CCCCC21.[HH].[HH]. The Morgan fingerprint density at radius 2 is 1.96 bits per heavy atom. The second kappa shape index (κ2) is 7.03. The molecule has 2 aromatic rings. The Balaban J connectivity index is 0.00000120. The minimum Gasteiger partial charge on any atom is -0.355 e. The van der Waals surface area contributed by atoms with Crippen molar-refractivity contribution in [2.24, 2.45) is 17.8 Å². The first-order chi connectivity index (χ1) is 13.3. The van der Waals surface area contributed by atoms with E-state index in [2.05, 4.69) is 35.9 Å². The van der Waals surface area contributed by atoms with E-state index in [0.29, 0.717) is 17.0 Å². The molecule has 0 aromatic carbocycles. The zero-order valence-electron chi connectivity index (χ0n) is 15.0. The van der Waals surface area contributed by atoms with Crippen molar-refractivity contribution in [2.75, 3.05) is 28.6 Å². The van der Waals surface area contributed by atoms with Gasteiger partial charge in [-0.25, -0.2) is 0 Å². The van der Waals surface area contributed by atoms with Crippen LogP contribution >= 0.6 is 11.3 Å². The van der Waals surface area contributed by atoms with E-state index in [4.69, 9.17) is 0 Å². The van der Waals surface area contributed by atoms with Gasteiger partial charge in [0, 0.05) is 34.1 Å². The number of hydrogen-bond acceptors (Lipinski definition) is 8. The molecule has 3 fully saturated rings. The third-order valence-corrected chi connectivity index (χ3v) is 6.78. The lowest BCUT2D eigenvalue weighted by molar-refractivity contribution is -0.117. The Kier molecular flexibility index (Phi) is 4.39. The van der Waals surface area contributed by atoms with Crippen LogP contribution in [0.4, 0.5) is 16.1 Å². The fourth-order valence-electron chi connectivity index (χ4n) is 4.62. The molecule has 3 heterocycles. The molecule has 2 aromatic heterocycles. The van der Waals surface area contributed by atoms with Crippen molar-refractivity contribution >= 4 is 33.3 Å². The standard InChI is InChI=1S/C18H23N7OS.2H2/c26-16(15-12-4-1-2-5-13(12)15)21-18-24-23-17(27-18)20-11-7-9-25(10-11)14-6-3-8-19-22-14;;/h3,6,8,11-13,15H,1-2,4-5,7,9-10H2,(H,20,23)(H,21,24,26);2*1H/t11-,12?,13?,15?;;/m1../s1. The average Bonchev–Trinajstić information content (AvgIpc) is 2.98. The van der Waals surface area contributed by atoms with E-state index in [1.54, 1.807) is 6.20 Å². The van der Waals surface area contributed by atoms with Gasteiger partial charge in [-0.05, 0) is 43.2 Å². The first-order valence-corrected chi connectivity index (χ1v) is 10.5. The summed E-state index contributed by atoms with van der Waals surface area (Å²) in [4.78, 5) is 14.7. The minimum atomic E-state index is 0. The van der Waals surface area contributed by atoms with Crippen molar-refractivity contribution in [3.63, 3.8) is 0 Å². The Hall–Kier alpha value is -2.29. The number of rotatable bonds is 5. The third kappa shape index (κ3) is 3.47. The maximum atomic E-state index is 12.5. The third-order valence-electron chi connectivity index (χ3n) is 6.01. The number of fused-ring (bicyclic) bond motifs is 1. The van der Waals surface area contributed by atoms with Crippen LogP contribution in [0.2, 0.25) is 0 Å². The van der Waals surface area contributed by atoms with Crippen LogP contribution in [-0.2, 0) is 4.79 Å². The second-order valence-corrected chi connectivity index (χ2v) is 8.67. The number of carbonyl (C=O) groups excluding carboxylic acids is 1. The van der Waals surface area contributed by atoms with Crippen LogP contribution in [0.25, 0.3) is 0 Å². The summed E-state index contributed by atoms with van der Waals surface area (Å²) in [6.07, 6.45) is 7.63. The van der Waals surface area contributed by atoms with Crippen LogP contribution in [0.15, 0.2) is 18.3 Å². The predicted molar refractivity (Wildman–Crippen MR) is 108 cm³/mol. The predicted octanol–water partition coefficient (Wildman–Crippen LogP) is 2.89. The van der Waals surface area contributed by atoms with Gasteiger partial charge in [-0.2, -0.15) is 5.10 Å². The Bertz CT molecular complexity index is 812. The molecule has 1 aliphatic heterocycles. The second-order valence-electron chi connectivity index (χ2n) is 7.70. The average molecular weight is 390 g/mol. The summed E-state index contributed by atoms with van der Waals surface area (Å²) in [6.45, 7) is 1.79. The molecule has 1 saturated heterocycles. The van der Waals surface area contributed by atoms with Crippen molar-refractivity contribution in [3.8, 4) is 0 Å². The fourth-order valence-corrected chi connectivity index (χ4v) is 5.35. The molecule has 27 heavy (non-hydrogen) atoms. The summed E-state index contributed by atoms with van der Waals surface area (Å²) >= 11 is 1.41. The van der Waals surface area contributed by atoms with Gasteiger partial charge < -0.3 is 15.5 Å². The maximum absolute atomic E-state index is 12.5.